The molecule has 4 nitrogen and oxygen atoms in total. The van der Waals surface area contributed by atoms with E-state index in [0.29, 0.717) is 5.56 Å². The van der Waals surface area contributed by atoms with Crippen molar-refractivity contribution in [3.8, 4) is 0 Å². The van der Waals surface area contributed by atoms with Gasteiger partial charge in [-0.1, -0.05) is 0 Å². The van der Waals surface area contributed by atoms with E-state index in [1.165, 1.54) is 24.5 Å². The zero-order valence-corrected chi connectivity index (χ0v) is 8.06. The average molecular weight is 193 g/mol. The van der Waals surface area contributed by atoms with Crippen LogP contribution < -0.4 is 0 Å². The van der Waals surface area contributed by atoms with Gasteiger partial charge in [0.15, 0.2) is 0 Å². The van der Waals surface area contributed by atoms with Crippen molar-refractivity contribution in [2.45, 2.75) is 20.0 Å². The molecule has 1 aromatic heterocycles. The molecule has 74 valence electrons. The Morgan fingerprint density at radius 3 is 2.36 bits per heavy atom. The van der Waals surface area contributed by atoms with E-state index in [0.717, 1.165) is 0 Å². The molecule has 4 heteroatoms. The van der Waals surface area contributed by atoms with Crippen molar-refractivity contribution in [1.82, 2.24) is 4.98 Å². The number of rotatable bonds is 3. The minimum absolute atomic E-state index is 0.284. The van der Waals surface area contributed by atoms with Gasteiger partial charge >= 0.3 is 5.97 Å². The molecular weight excluding hydrogens is 182 g/mol. The number of Topliss-reactive ketones (excluding diaryl/α,β-unsaturated/α-hetero) is 1. The Hall–Kier alpha value is -1.71. The van der Waals surface area contributed by atoms with Gasteiger partial charge < -0.3 is 4.74 Å². The lowest BCUT2D eigenvalue weighted by Gasteiger charge is -2.06. The normalized spacial score (nSPS) is 9.93. The van der Waals surface area contributed by atoms with Crippen LogP contribution in [0.1, 0.15) is 24.2 Å². The molecule has 0 unspecified atom stereocenters. The smallest absolute Gasteiger partial charge is 0.379 e. The van der Waals surface area contributed by atoms with Crippen LogP contribution in [-0.4, -0.2) is 22.8 Å². The molecule has 0 aliphatic rings. The van der Waals surface area contributed by atoms with E-state index in [1.54, 1.807) is 13.8 Å². The first-order valence-electron chi connectivity index (χ1n) is 4.26. The number of ketones is 1. The highest BCUT2D eigenvalue weighted by Crippen LogP contribution is 2.01. The van der Waals surface area contributed by atoms with Crippen molar-refractivity contribution >= 4 is 11.8 Å². The molecule has 1 aromatic rings. The molecule has 0 aromatic carbocycles. The van der Waals surface area contributed by atoms with Crippen LogP contribution in [0.3, 0.4) is 0 Å². The molecule has 0 amide bonds. The average Bonchev–Trinajstić information content (AvgIpc) is 2.17. The summed E-state index contributed by atoms with van der Waals surface area (Å²) in [6.45, 7) is 3.38. The van der Waals surface area contributed by atoms with E-state index in [1.807, 2.05) is 0 Å². The number of nitrogens with zero attached hydrogens (tertiary/aromatic N) is 1. The highest BCUT2D eigenvalue weighted by atomic mass is 16.5. The molecule has 0 N–H and O–H groups in total. The Kier molecular flexibility index (Phi) is 3.34. The maximum Gasteiger partial charge on any atom is 0.379 e. The van der Waals surface area contributed by atoms with Gasteiger partial charge in [0, 0.05) is 18.0 Å². The van der Waals surface area contributed by atoms with Crippen LogP contribution >= 0.6 is 0 Å². The Morgan fingerprint density at radius 1 is 1.29 bits per heavy atom. The van der Waals surface area contributed by atoms with E-state index < -0.39 is 11.8 Å². The number of hydrogen-bond acceptors (Lipinski definition) is 4. The van der Waals surface area contributed by atoms with Gasteiger partial charge in [0.25, 0.3) is 5.78 Å². The molecule has 0 bridgehead atoms. The fourth-order valence-corrected chi connectivity index (χ4v) is 0.889. The first-order valence-corrected chi connectivity index (χ1v) is 4.26. The molecule has 0 fully saturated rings. The minimum Gasteiger partial charge on any atom is -0.457 e. The number of hydrogen-bond donors (Lipinski definition) is 0. The number of aromatic nitrogens is 1. The second-order valence-electron chi connectivity index (χ2n) is 3.02. The van der Waals surface area contributed by atoms with E-state index >= 15 is 0 Å². The number of carbonyl (C=O) groups is 2. The molecule has 0 saturated heterocycles. The molecule has 1 rings (SSSR count). The van der Waals surface area contributed by atoms with Gasteiger partial charge in [-0.2, -0.15) is 0 Å². The quantitative estimate of drug-likeness (QED) is 0.411. The minimum atomic E-state index is -0.828. The van der Waals surface area contributed by atoms with Crippen molar-refractivity contribution in [3.05, 3.63) is 30.1 Å². The third kappa shape index (κ3) is 2.65. The lowest BCUT2D eigenvalue weighted by atomic mass is 10.2. The molecule has 0 radical (unpaired) electrons. The maximum atomic E-state index is 11.4. The summed E-state index contributed by atoms with van der Waals surface area (Å²) in [6, 6.07) is 2.95. The summed E-state index contributed by atoms with van der Waals surface area (Å²) in [5.41, 5.74) is 0.297. The summed E-state index contributed by atoms with van der Waals surface area (Å²) in [5, 5.41) is 0. The largest absolute Gasteiger partial charge is 0.457 e. The third-order valence-electron chi connectivity index (χ3n) is 1.47. The summed E-state index contributed by atoms with van der Waals surface area (Å²) in [6.07, 6.45) is 2.62. The van der Waals surface area contributed by atoms with Gasteiger partial charge in [0.05, 0.1) is 6.10 Å². The van der Waals surface area contributed by atoms with Crippen molar-refractivity contribution < 1.29 is 14.3 Å². The van der Waals surface area contributed by atoms with Gasteiger partial charge in [-0.05, 0) is 26.0 Å². The van der Waals surface area contributed by atoms with Crippen molar-refractivity contribution in [2.24, 2.45) is 0 Å². The maximum absolute atomic E-state index is 11.4. The summed E-state index contributed by atoms with van der Waals surface area (Å²) in [5.74, 6) is -1.47. The predicted octanol–water partition coefficient (Wildman–Crippen LogP) is 1.22. The second-order valence-corrected chi connectivity index (χ2v) is 3.02. The van der Waals surface area contributed by atoms with E-state index in [2.05, 4.69) is 4.98 Å². The van der Waals surface area contributed by atoms with Gasteiger partial charge in [0.2, 0.25) is 0 Å². The highest BCUT2D eigenvalue weighted by Gasteiger charge is 2.18. The first kappa shape index (κ1) is 10.4. The van der Waals surface area contributed by atoms with Gasteiger partial charge in [-0.15, -0.1) is 0 Å². The van der Waals surface area contributed by atoms with Crippen LogP contribution in [0, 0.1) is 0 Å². The van der Waals surface area contributed by atoms with Crippen molar-refractivity contribution in [2.75, 3.05) is 0 Å². The third-order valence-corrected chi connectivity index (χ3v) is 1.47. The Balaban J connectivity index is 2.72. The second kappa shape index (κ2) is 4.50. The van der Waals surface area contributed by atoms with Crippen LogP contribution in [-0.2, 0) is 9.53 Å². The lowest BCUT2D eigenvalue weighted by molar-refractivity contribution is -0.141. The van der Waals surface area contributed by atoms with Crippen LogP contribution in [0.5, 0.6) is 0 Å². The molecular formula is C10H11NO3. The molecule has 0 spiro atoms. The Bertz CT molecular complexity index is 332. The Labute approximate surface area is 81.9 Å². The number of pyridine rings is 1. The Morgan fingerprint density at radius 2 is 1.86 bits per heavy atom. The van der Waals surface area contributed by atoms with Crippen LogP contribution in [0.4, 0.5) is 0 Å². The van der Waals surface area contributed by atoms with Crippen LogP contribution in [0.15, 0.2) is 24.5 Å². The monoisotopic (exact) mass is 193 g/mol. The van der Waals surface area contributed by atoms with Gasteiger partial charge in [0.1, 0.15) is 0 Å². The van der Waals surface area contributed by atoms with Crippen molar-refractivity contribution in [1.29, 1.82) is 0 Å². The highest BCUT2D eigenvalue weighted by molar-refractivity contribution is 6.40. The van der Waals surface area contributed by atoms with Crippen LogP contribution in [0.2, 0.25) is 0 Å². The van der Waals surface area contributed by atoms with E-state index in [9.17, 15) is 9.59 Å². The van der Waals surface area contributed by atoms with Gasteiger partial charge in [-0.25, -0.2) is 4.79 Å². The van der Waals surface area contributed by atoms with Gasteiger partial charge in [-0.3, -0.25) is 9.78 Å². The fraction of sp³-hybridized carbons (Fsp3) is 0.300. The van der Waals surface area contributed by atoms with E-state index in [-0.39, 0.29) is 6.10 Å². The van der Waals surface area contributed by atoms with E-state index in [4.69, 9.17) is 4.74 Å². The predicted molar refractivity (Wildman–Crippen MR) is 49.8 cm³/mol. The fourth-order valence-electron chi connectivity index (χ4n) is 0.889. The lowest BCUT2D eigenvalue weighted by Crippen LogP contribution is -2.21. The summed E-state index contributed by atoms with van der Waals surface area (Å²) < 4.78 is 4.76. The molecule has 14 heavy (non-hydrogen) atoms. The molecule has 0 aliphatic carbocycles. The molecule has 0 saturated carbocycles. The first-order chi connectivity index (χ1) is 6.61. The summed E-state index contributed by atoms with van der Waals surface area (Å²) in [7, 11) is 0. The van der Waals surface area contributed by atoms with Crippen LogP contribution in [0.25, 0.3) is 0 Å². The summed E-state index contributed by atoms with van der Waals surface area (Å²) >= 11 is 0. The molecule has 1 heterocycles. The number of ether oxygens (including phenoxy) is 1. The zero-order chi connectivity index (χ0) is 10.6. The summed E-state index contributed by atoms with van der Waals surface area (Å²) in [4.78, 5) is 26.3. The van der Waals surface area contributed by atoms with Crippen molar-refractivity contribution in [3.63, 3.8) is 0 Å². The molecule has 0 atom stereocenters. The standard InChI is InChI=1S/C10H11NO3/c1-7(2)14-10(13)9(12)8-3-5-11-6-4-8/h3-7H,1-2H3. The topological polar surface area (TPSA) is 56.3 Å². The number of carbonyl (C=O) groups excluding carboxylic acids is 2. The zero-order valence-electron chi connectivity index (χ0n) is 8.06. The molecule has 0 aliphatic heterocycles. The number of esters is 1. The SMILES string of the molecule is CC(C)OC(=O)C(=O)c1ccncc1.